The van der Waals surface area contributed by atoms with Gasteiger partial charge in [-0.1, -0.05) is 18.2 Å². The SMILES string of the molecule is N#Cc1c(N)nc(N)nc1-c1cccc(-c2cnc[nH]2)c1. The summed E-state index contributed by atoms with van der Waals surface area (Å²) >= 11 is 0. The van der Waals surface area contributed by atoms with Crippen LogP contribution in [0, 0.1) is 11.3 Å². The zero-order chi connectivity index (χ0) is 14.8. The molecule has 0 bridgehead atoms. The minimum absolute atomic E-state index is 0.0356. The zero-order valence-electron chi connectivity index (χ0n) is 10.9. The summed E-state index contributed by atoms with van der Waals surface area (Å²) in [5.74, 6) is 0.111. The molecule has 3 rings (SSSR count). The van der Waals surface area contributed by atoms with Crippen LogP contribution >= 0.6 is 0 Å². The molecule has 2 heterocycles. The molecule has 0 saturated carbocycles. The number of rotatable bonds is 2. The Kier molecular flexibility index (Phi) is 2.97. The van der Waals surface area contributed by atoms with Crippen LogP contribution in [-0.2, 0) is 0 Å². The predicted molar refractivity (Wildman–Crippen MR) is 78.6 cm³/mol. The first-order valence-electron chi connectivity index (χ1n) is 6.11. The van der Waals surface area contributed by atoms with Crippen LogP contribution in [0.4, 0.5) is 11.8 Å². The minimum atomic E-state index is 0.0356. The highest BCUT2D eigenvalue weighted by Crippen LogP contribution is 2.28. The first-order valence-corrected chi connectivity index (χ1v) is 6.11. The summed E-state index contributed by atoms with van der Waals surface area (Å²) in [6, 6.07) is 9.53. The third-order valence-corrected chi connectivity index (χ3v) is 3.01. The van der Waals surface area contributed by atoms with Gasteiger partial charge in [-0.15, -0.1) is 0 Å². The third kappa shape index (κ3) is 2.26. The number of nitrogen functional groups attached to an aromatic ring is 2. The van der Waals surface area contributed by atoms with E-state index < -0.39 is 0 Å². The Morgan fingerprint density at radius 1 is 1.14 bits per heavy atom. The molecule has 102 valence electrons. The molecule has 0 aliphatic heterocycles. The van der Waals surface area contributed by atoms with Crippen LogP contribution in [0.1, 0.15) is 5.56 Å². The molecule has 0 amide bonds. The van der Waals surface area contributed by atoms with E-state index in [-0.39, 0.29) is 17.3 Å². The molecule has 7 nitrogen and oxygen atoms in total. The van der Waals surface area contributed by atoms with Gasteiger partial charge in [0.05, 0.1) is 23.9 Å². The van der Waals surface area contributed by atoms with Crippen molar-refractivity contribution in [1.29, 1.82) is 5.26 Å². The molecule has 21 heavy (non-hydrogen) atoms. The first kappa shape index (κ1) is 12.6. The van der Waals surface area contributed by atoms with Gasteiger partial charge in [0.25, 0.3) is 0 Å². The fourth-order valence-corrected chi connectivity index (χ4v) is 2.06. The van der Waals surface area contributed by atoms with E-state index in [0.29, 0.717) is 5.69 Å². The molecule has 0 saturated heterocycles. The lowest BCUT2D eigenvalue weighted by molar-refractivity contribution is 1.18. The van der Waals surface area contributed by atoms with Gasteiger partial charge in [0.15, 0.2) is 0 Å². The lowest BCUT2D eigenvalue weighted by Crippen LogP contribution is -2.04. The van der Waals surface area contributed by atoms with E-state index in [2.05, 4.69) is 19.9 Å². The number of nitrogens with zero attached hydrogens (tertiary/aromatic N) is 4. The van der Waals surface area contributed by atoms with Gasteiger partial charge >= 0.3 is 0 Å². The highest BCUT2D eigenvalue weighted by molar-refractivity contribution is 5.76. The van der Waals surface area contributed by atoms with Crippen molar-refractivity contribution >= 4 is 11.8 Å². The Bertz CT molecular complexity index is 831. The van der Waals surface area contributed by atoms with Gasteiger partial charge in [0.1, 0.15) is 17.5 Å². The van der Waals surface area contributed by atoms with E-state index >= 15 is 0 Å². The number of benzene rings is 1. The fourth-order valence-electron chi connectivity index (χ4n) is 2.06. The third-order valence-electron chi connectivity index (χ3n) is 3.01. The van der Waals surface area contributed by atoms with Crippen molar-refractivity contribution in [2.24, 2.45) is 0 Å². The normalized spacial score (nSPS) is 10.2. The van der Waals surface area contributed by atoms with E-state index in [4.69, 9.17) is 11.5 Å². The molecule has 0 spiro atoms. The molecular formula is C14H11N7. The van der Waals surface area contributed by atoms with Crippen molar-refractivity contribution in [2.45, 2.75) is 0 Å². The Labute approximate surface area is 120 Å². The molecular weight excluding hydrogens is 266 g/mol. The standard InChI is InChI=1S/C14H11N7/c15-5-10-12(20-14(17)21-13(10)16)9-3-1-2-8(4-9)11-6-18-7-19-11/h1-4,6-7H,(H,18,19)(H4,16,17,20,21). The van der Waals surface area contributed by atoms with Crippen LogP contribution in [0.15, 0.2) is 36.8 Å². The minimum Gasteiger partial charge on any atom is -0.382 e. The van der Waals surface area contributed by atoms with E-state index in [0.717, 1.165) is 16.8 Å². The molecule has 0 aliphatic rings. The number of anilines is 2. The van der Waals surface area contributed by atoms with Crippen LogP contribution in [-0.4, -0.2) is 19.9 Å². The quantitative estimate of drug-likeness (QED) is 0.651. The molecule has 0 unspecified atom stereocenters. The second kappa shape index (κ2) is 4.94. The van der Waals surface area contributed by atoms with Gasteiger partial charge in [-0.25, -0.2) is 9.97 Å². The Balaban J connectivity index is 2.18. The number of nitriles is 1. The summed E-state index contributed by atoms with van der Waals surface area (Å²) < 4.78 is 0. The van der Waals surface area contributed by atoms with E-state index in [9.17, 15) is 5.26 Å². The van der Waals surface area contributed by atoms with E-state index in [1.165, 1.54) is 0 Å². The second-order valence-electron chi connectivity index (χ2n) is 4.35. The highest BCUT2D eigenvalue weighted by Gasteiger charge is 2.13. The van der Waals surface area contributed by atoms with Gasteiger partial charge in [-0.05, 0) is 6.07 Å². The monoisotopic (exact) mass is 277 g/mol. The molecule has 0 radical (unpaired) electrons. The molecule has 5 N–H and O–H groups in total. The number of hydrogen-bond acceptors (Lipinski definition) is 6. The zero-order valence-corrected chi connectivity index (χ0v) is 10.9. The van der Waals surface area contributed by atoms with Gasteiger partial charge in [0, 0.05) is 11.1 Å². The van der Waals surface area contributed by atoms with Crippen molar-refractivity contribution in [2.75, 3.05) is 11.5 Å². The Morgan fingerprint density at radius 2 is 1.95 bits per heavy atom. The van der Waals surface area contributed by atoms with Gasteiger partial charge < -0.3 is 16.5 Å². The number of imidazole rings is 1. The molecule has 0 atom stereocenters. The van der Waals surface area contributed by atoms with Crippen LogP contribution < -0.4 is 11.5 Å². The fraction of sp³-hybridized carbons (Fsp3) is 0. The molecule has 7 heteroatoms. The number of nitrogens with one attached hydrogen (secondary N) is 1. The summed E-state index contributed by atoms with van der Waals surface area (Å²) in [5, 5.41) is 9.24. The lowest BCUT2D eigenvalue weighted by atomic mass is 10.0. The predicted octanol–water partition coefficient (Wildman–Crippen LogP) is 1.57. The van der Waals surface area contributed by atoms with Crippen molar-refractivity contribution in [3.8, 4) is 28.6 Å². The maximum atomic E-state index is 9.24. The number of hydrogen-bond donors (Lipinski definition) is 3. The second-order valence-corrected chi connectivity index (χ2v) is 4.35. The number of nitrogens with two attached hydrogens (primary N) is 2. The summed E-state index contributed by atoms with van der Waals surface area (Å²) in [7, 11) is 0. The molecule has 1 aromatic carbocycles. The van der Waals surface area contributed by atoms with Crippen LogP contribution in [0.2, 0.25) is 0 Å². The average Bonchev–Trinajstić information content (AvgIpc) is 3.01. The molecule has 0 fully saturated rings. The number of H-pyrrole nitrogens is 1. The maximum Gasteiger partial charge on any atom is 0.222 e. The Morgan fingerprint density at radius 3 is 2.67 bits per heavy atom. The van der Waals surface area contributed by atoms with Crippen molar-refractivity contribution in [3.05, 3.63) is 42.4 Å². The smallest absolute Gasteiger partial charge is 0.222 e. The lowest BCUT2D eigenvalue weighted by Gasteiger charge is -2.08. The van der Waals surface area contributed by atoms with Crippen molar-refractivity contribution in [1.82, 2.24) is 19.9 Å². The van der Waals surface area contributed by atoms with Gasteiger partial charge in [-0.3, -0.25) is 0 Å². The molecule has 3 aromatic rings. The molecule has 2 aromatic heterocycles. The van der Waals surface area contributed by atoms with Crippen LogP contribution in [0.25, 0.3) is 22.5 Å². The van der Waals surface area contributed by atoms with E-state index in [1.54, 1.807) is 12.5 Å². The van der Waals surface area contributed by atoms with Crippen molar-refractivity contribution < 1.29 is 0 Å². The topological polar surface area (TPSA) is 130 Å². The largest absolute Gasteiger partial charge is 0.382 e. The van der Waals surface area contributed by atoms with Crippen LogP contribution in [0.3, 0.4) is 0 Å². The van der Waals surface area contributed by atoms with Gasteiger partial charge in [-0.2, -0.15) is 10.2 Å². The number of aromatic amines is 1. The average molecular weight is 277 g/mol. The molecule has 0 aliphatic carbocycles. The summed E-state index contributed by atoms with van der Waals surface area (Å²) in [6.45, 7) is 0. The van der Waals surface area contributed by atoms with Gasteiger partial charge in [0.2, 0.25) is 5.95 Å². The summed E-state index contributed by atoms with van der Waals surface area (Å²) in [5.41, 5.74) is 14.5. The summed E-state index contributed by atoms with van der Waals surface area (Å²) in [6.07, 6.45) is 3.32. The number of aromatic nitrogens is 4. The maximum absolute atomic E-state index is 9.24. The van der Waals surface area contributed by atoms with Crippen molar-refractivity contribution in [3.63, 3.8) is 0 Å². The van der Waals surface area contributed by atoms with Crippen LogP contribution in [0.5, 0.6) is 0 Å². The highest BCUT2D eigenvalue weighted by atomic mass is 15.0. The van der Waals surface area contributed by atoms with E-state index in [1.807, 2.05) is 30.3 Å². The first-order chi connectivity index (χ1) is 10.2. The Hall–Kier alpha value is -3.40. The summed E-state index contributed by atoms with van der Waals surface area (Å²) in [4.78, 5) is 15.0.